The summed E-state index contributed by atoms with van der Waals surface area (Å²) in [6.45, 7) is 2.03. The first kappa shape index (κ1) is 22.2. The molecule has 2 aliphatic heterocycles. The Morgan fingerprint density at radius 3 is 2.32 bits per heavy atom. The lowest BCUT2D eigenvalue weighted by Gasteiger charge is -2.40. The number of anilines is 2. The quantitative estimate of drug-likeness (QED) is 0.288. The highest BCUT2D eigenvalue weighted by atomic mass is 19.1. The number of nitrogens with one attached hydrogen (secondary N) is 1. The second-order valence-electron chi connectivity index (χ2n) is 9.27. The van der Waals surface area contributed by atoms with Gasteiger partial charge in [0.15, 0.2) is 17.5 Å². The molecule has 6 nitrogen and oxygen atoms in total. The molecule has 0 saturated heterocycles. The van der Waals surface area contributed by atoms with Crippen LogP contribution in [0.2, 0.25) is 0 Å². The highest BCUT2D eigenvalue weighted by Gasteiger charge is 2.41. The van der Waals surface area contributed by atoms with Crippen LogP contribution in [-0.4, -0.2) is 21.5 Å². The first-order valence-electron chi connectivity index (χ1n) is 12.5. The molecule has 0 amide bonds. The molecule has 3 heterocycles. The Kier molecular flexibility index (Phi) is 5.14. The lowest BCUT2D eigenvalue weighted by Crippen LogP contribution is -2.46. The molecule has 0 radical (unpaired) electrons. The van der Waals surface area contributed by atoms with Gasteiger partial charge in [0, 0.05) is 11.3 Å². The monoisotopic (exact) mass is 498 g/mol. The maximum atomic E-state index is 14.1. The first-order chi connectivity index (χ1) is 18.7. The minimum Gasteiger partial charge on any atom is -0.337 e. The minimum atomic E-state index is -0.323. The number of aromatic nitrogens is 2. The minimum absolute atomic E-state index is 0.197. The van der Waals surface area contributed by atoms with Gasteiger partial charge in [-0.05, 0) is 55.0 Å². The van der Waals surface area contributed by atoms with E-state index < -0.39 is 0 Å². The highest BCUT2D eigenvalue weighted by Crippen LogP contribution is 2.48. The van der Waals surface area contributed by atoms with Crippen LogP contribution in [-0.2, 0) is 0 Å². The van der Waals surface area contributed by atoms with Crippen LogP contribution in [0, 0.1) is 12.7 Å². The third-order valence-corrected chi connectivity index (χ3v) is 6.84. The Bertz CT molecular complexity index is 1720. The van der Waals surface area contributed by atoms with E-state index in [9.17, 15) is 4.39 Å². The van der Waals surface area contributed by atoms with Gasteiger partial charge in [0.05, 0.1) is 28.8 Å². The molecule has 1 aromatic heterocycles. The zero-order chi connectivity index (χ0) is 25.6. The van der Waals surface area contributed by atoms with Gasteiger partial charge >= 0.3 is 0 Å². The van der Waals surface area contributed by atoms with Crippen LogP contribution in [0.3, 0.4) is 0 Å². The van der Waals surface area contributed by atoms with Crippen molar-refractivity contribution in [2.45, 2.75) is 13.0 Å². The molecule has 7 rings (SSSR count). The number of hydrogen-bond donors (Lipinski definition) is 1. The number of amidine groups is 2. The van der Waals surface area contributed by atoms with Crippen molar-refractivity contribution in [1.82, 2.24) is 9.78 Å². The van der Waals surface area contributed by atoms with Crippen LogP contribution in [0.4, 0.5) is 27.3 Å². The molecule has 0 bridgehead atoms. The predicted molar refractivity (Wildman–Crippen MR) is 150 cm³/mol. The zero-order valence-electron chi connectivity index (χ0n) is 20.6. The predicted octanol–water partition coefficient (Wildman–Crippen LogP) is 7.12. The van der Waals surface area contributed by atoms with Crippen molar-refractivity contribution in [2.24, 2.45) is 9.98 Å². The highest BCUT2D eigenvalue weighted by molar-refractivity contribution is 6.51. The molecule has 0 unspecified atom stereocenters. The summed E-state index contributed by atoms with van der Waals surface area (Å²) in [6.07, 6.45) is 0. The number of halogens is 1. The Morgan fingerprint density at radius 1 is 0.789 bits per heavy atom. The van der Waals surface area contributed by atoms with Gasteiger partial charge in [-0.3, -0.25) is 0 Å². The average Bonchev–Trinajstić information content (AvgIpc) is 3.29. The Balaban J connectivity index is 1.50. The molecular formula is C31H23FN6. The van der Waals surface area contributed by atoms with Crippen LogP contribution < -0.4 is 10.2 Å². The van der Waals surface area contributed by atoms with Gasteiger partial charge in [-0.2, -0.15) is 5.10 Å². The van der Waals surface area contributed by atoms with Crippen molar-refractivity contribution < 1.29 is 4.39 Å². The molecule has 1 atom stereocenters. The van der Waals surface area contributed by atoms with Crippen molar-refractivity contribution in [2.75, 3.05) is 10.2 Å². The van der Waals surface area contributed by atoms with Crippen LogP contribution in [0.25, 0.3) is 5.69 Å². The van der Waals surface area contributed by atoms with E-state index in [-0.39, 0.29) is 11.9 Å². The SMILES string of the molecule is Cc1nn(-c2ccccc2)c2c1[C@H](c1ccccc1)N1C(=N2)C(Nc2cccc(F)c2)=Nc2ccccc21. The second kappa shape index (κ2) is 8.81. The van der Waals surface area contributed by atoms with Gasteiger partial charge in [0.2, 0.25) is 0 Å². The number of para-hydroxylation sites is 3. The largest absolute Gasteiger partial charge is 0.337 e. The van der Waals surface area contributed by atoms with Gasteiger partial charge in [0.25, 0.3) is 0 Å². The molecule has 2 aliphatic rings. The van der Waals surface area contributed by atoms with Crippen LogP contribution >= 0.6 is 0 Å². The summed E-state index contributed by atoms with van der Waals surface area (Å²) in [7, 11) is 0. The molecule has 0 fully saturated rings. The fourth-order valence-electron chi connectivity index (χ4n) is 5.20. The van der Waals surface area contributed by atoms with E-state index in [0.29, 0.717) is 17.4 Å². The van der Waals surface area contributed by atoms with Crippen LogP contribution in [0.5, 0.6) is 0 Å². The maximum absolute atomic E-state index is 14.1. The van der Waals surface area contributed by atoms with Crippen molar-refractivity contribution in [3.05, 3.63) is 132 Å². The van der Waals surface area contributed by atoms with E-state index >= 15 is 0 Å². The van der Waals surface area contributed by atoms with Crippen molar-refractivity contribution in [3.8, 4) is 5.69 Å². The smallest absolute Gasteiger partial charge is 0.179 e. The number of benzene rings is 4. The van der Waals surface area contributed by atoms with Crippen LogP contribution in [0.1, 0.15) is 22.9 Å². The van der Waals surface area contributed by atoms with Gasteiger partial charge in [-0.1, -0.05) is 66.7 Å². The lowest BCUT2D eigenvalue weighted by atomic mass is 9.93. The number of fused-ring (bicyclic) bond motifs is 4. The van der Waals surface area contributed by atoms with E-state index in [2.05, 4.69) is 28.4 Å². The number of aryl methyl sites for hydroxylation is 1. The summed E-state index contributed by atoms with van der Waals surface area (Å²) < 4.78 is 16.0. The summed E-state index contributed by atoms with van der Waals surface area (Å²) in [5, 5.41) is 8.28. The fraction of sp³-hybridized carbons (Fsp3) is 0.0645. The third-order valence-electron chi connectivity index (χ3n) is 6.84. The Morgan fingerprint density at radius 2 is 1.53 bits per heavy atom. The summed E-state index contributed by atoms with van der Waals surface area (Å²) in [5.41, 5.74) is 6.32. The molecule has 5 aromatic rings. The summed E-state index contributed by atoms with van der Waals surface area (Å²) in [4.78, 5) is 12.4. The number of aliphatic imine (C=N–C) groups is 2. The van der Waals surface area contributed by atoms with E-state index in [0.717, 1.165) is 39.7 Å². The van der Waals surface area contributed by atoms with E-state index in [1.165, 1.54) is 12.1 Å². The Hall–Kier alpha value is -5.04. The third kappa shape index (κ3) is 3.59. The number of hydrogen-bond acceptors (Lipinski definition) is 5. The Labute approximate surface area is 219 Å². The van der Waals surface area contributed by atoms with Gasteiger partial charge in [-0.15, -0.1) is 0 Å². The summed E-state index contributed by atoms with van der Waals surface area (Å²) in [5.74, 6) is 1.61. The normalized spacial score (nSPS) is 15.6. The molecule has 1 N–H and O–H groups in total. The number of nitrogens with zero attached hydrogens (tertiary/aromatic N) is 5. The molecule has 7 heteroatoms. The van der Waals surface area contributed by atoms with Gasteiger partial charge < -0.3 is 10.2 Å². The molecule has 38 heavy (non-hydrogen) atoms. The topological polar surface area (TPSA) is 57.8 Å². The summed E-state index contributed by atoms with van der Waals surface area (Å²) >= 11 is 0. The molecular weight excluding hydrogens is 475 g/mol. The van der Waals surface area contributed by atoms with Gasteiger partial charge in [-0.25, -0.2) is 19.1 Å². The molecule has 4 aromatic carbocycles. The maximum Gasteiger partial charge on any atom is 0.179 e. The molecule has 184 valence electrons. The fourth-order valence-corrected chi connectivity index (χ4v) is 5.20. The average molecular weight is 499 g/mol. The molecule has 0 aliphatic carbocycles. The van der Waals surface area contributed by atoms with E-state index in [4.69, 9.17) is 15.1 Å². The van der Waals surface area contributed by atoms with E-state index in [1.54, 1.807) is 6.07 Å². The van der Waals surface area contributed by atoms with Crippen molar-refractivity contribution in [3.63, 3.8) is 0 Å². The zero-order valence-corrected chi connectivity index (χ0v) is 20.6. The first-order valence-corrected chi connectivity index (χ1v) is 12.5. The standard InChI is InChI=1S/C31H23FN6/c1-20-27-28(21-11-4-2-5-12-21)37-26-18-9-8-17-25(26)34-29(33-23-14-10-13-22(32)19-23)31(37)35-30(27)38(36-20)24-15-6-3-7-16-24/h2-19,28H,1H3,(H,33,34)/t28-/m0/s1. The van der Waals surface area contributed by atoms with Crippen molar-refractivity contribution >= 4 is 34.6 Å². The summed E-state index contributed by atoms with van der Waals surface area (Å²) in [6, 6.07) is 34.6. The van der Waals surface area contributed by atoms with Crippen molar-refractivity contribution in [1.29, 1.82) is 0 Å². The van der Waals surface area contributed by atoms with Crippen LogP contribution in [0.15, 0.2) is 119 Å². The number of rotatable bonds is 3. The molecule has 0 saturated carbocycles. The second-order valence-corrected chi connectivity index (χ2v) is 9.27. The lowest BCUT2D eigenvalue weighted by molar-refractivity contribution is 0.628. The molecule has 0 spiro atoms. The van der Waals surface area contributed by atoms with E-state index in [1.807, 2.05) is 84.4 Å². The van der Waals surface area contributed by atoms with Gasteiger partial charge in [0.1, 0.15) is 5.82 Å².